The van der Waals surface area contributed by atoms with Gasteiger partial charge in [-0.25, -0.2) is 9.38 Å². The third-order valence-corrected chi connectivity index (χ3v) is 4.39. The summed E-state index contributed by atoms with van der Waals surface area (Å²) < 4.78 is 14.9. The van der Waals surface area contributed by atoms with E-state index in [4.69, 9.17) is 5.73 Å². The fraction of sp³-hybridized carbons (Fsp3) is 0.562. The molecule has 1 aliphatic carbocycles. The summed E-state index contributed by atoms with van der Waals surface area (Å²) in [5.41, 5.74) is 7.59. The Hall–Kier alpha value is -0.840. The van der Waals surface area contributed by atoms with Crippen molar-refractivity contribution in [3.05, 3.63) is 29.3 Å². The third kappa shape index (κ3) is 3.39. The summed E-state index contributed by atoms with van der Waals surface area (Å²) in [5, 5.41) is 3.13. The number of fused-ring (bicyclic) bond motifs is 3. The molecule has 1 aromatic rings. The lowest BCUT2D eigenvalue weighted by molar-refractivity contribution is 0.232. The molecule has 3 N–H and O–H groups in total. The average molecular weight is 350 g/mol. The molecule has 1 heterocycles. The van der Waals surface area contributed by atoms with Gasteiger partial charge in [0.15, 0.2) is 5.67 Å². The van der Waals surface area contributed by atoms with Crippen molar-refractivity contribution in [2.45, 2.75) is 44.7 Å². The van der Waals surface area contributed by atoms with Crippen LogP contribution in [0.2, 0.25) is 0 Å². The smallest absolute Gasteiger partial charge is 0.174 e. The highest BCUT2D eigenvalue weighted by Gasteiger charge is 2.50. The van der Waals surface area contributed by atoms with Crippen LogP contribution in [0.25, 0.3) is 0 Å². The van der Waals surface area contributed by atoms with E-state index in [-0.39, 0.29) is 44.0 Å². The van der Waals surface area contributed by atoms with E-state index in [2.05, 4.69) is 22.4 Å². The lowest BCUT2D eigenvalue weighted by atomic mass is 9.82. The van der Waals surface area contributed by atoms with E-state index >= 15 is 0 Å². The van der Waals surface area contributed by atoms with Crippen molar-refractivity contribution in [3.8, 4) is 0 Å². The minimum atomic E-state index is -1.40. The molecule has 3 nitrogen and oxygen atoms in total. The predicted molar refractivity (Wildman–Crippen MR) is 97.0 cm³/mol. The molecule has 2 unspecified atom stereocenters. The Morgan fingerprint density at radius 2 is 2.14 bits per heavy atom. The van der Waals surface area contributed by atoms with Crippen LogP contribution < -0.4 is 11.1 Å². The van der Waals surface area contributed by atoms with Gasteiger partial charge in [0, 0.05) is 5.92 Å². The molecule has 0 radical (unpaired) electrons. The number of benzene rings is 1. The second-order valence-corrected chi connectivity index (χ2v) is 5.55. The van der Waals surface area contributed by atoms with Crippen LogP contribution in [0.1, 0.15) is 43.7 Å². The fourth-order valence-electron chi connectivity index (χ4n) is 3.30. The van der Waals surface area contributed by atoms with Crippen molar-refractivity contribution >= 4 is 36.3 Å². The normalized spacial score (nSPS) is 24.8. The summed E-state index contributed by atoms with van der Waals surface area (Å²) in [6, 6.07) is 6.18. The zero-order valence-electron chi connectivity index (χ0n) is 12.1. The number of hydrogen-bond acceptors (Lipinski definition) is 3. The number of amidine groups is 1. The number of likely N-dealkylation sites (N-methyl/N-ethyl adjacent to an activating group) is 1. The Balaban J connectivity index is 0.00000147. The number of halogens is 3. The summed E-state index contributed by atoms with van der Waals surface area (Å²) >= 11 is 0. The Kier molecular flexibility index (Phi) is 7.83. The number of nitrogens with one attached hydrogen (secondary N) is 1. The van der Waals surface area contributed by atoms with E-state index in [1.807, 2.05) is 13.1 Å². The van der Waals surface area contributed by atoms with E-state index < -0.39 is 5.67 Å². The Morgan fingerprint density at radius 1 is 1.41 bits per heavy atom. The van der Waals surface area contributed by atoms with Gasteiger partial charge in [0.25, 0.3) is 0 Å². The van der Waals surface area contributed by atoms with Gasteiger partial charge >= 0.3 is 0 Å². The van der Waals surface area contributed by atoms with Gasteiger partial charge in [0.05, 0.1) is 5.69 Å². The topological polar surface area (TPSA) is 50.4 Å². The maximum atomic E-state index is 14.9. The summed E-state index contributed by atoms with van der Waals surface area (Å²) in [4.78, 5) is 4.33. The Morgan fingerprint density at radius 3 is 2.82 bits per heavy atom. The van der Waals surface area contributed by atoms with E-state index in [1.54, 1.807) is 0 Å². The molecule has 126 valence electrons. The van der Waals surface area contributed by atoms with Crippen molar-refractivity contribution in [2.24, 2.45) is 10.7 Å². The van der Waals surface area contributed by atoms with E-state index in [9.17, 15) is 4.39 Å². The number of nitrogens with zero attached hydrogens (tertiary/aromatic N) is 1. The van der Waals surface area contributed by atoms with Gasteiger partial charge in [-0.3, -0.25) is 0 Å². The number of hydrogen-bond donors (Lipinski definition) is 2. The molecular weight excluding hydrogens is 324 g/mol. The molecule has 0 amide bonds. The van der Waals surface area contributed by atoms with Gasteiger partial charge in [-0.05, 0) is 56.5 Å². The van der Waals surface area contributed by atoms with Crippen LogP contribution in [0.5, 0.6) is 0 Å². The molecule has 2 atom stereocenters. The van der Waals surface area contributed by atoms with Gasteiger partial charge in [-0.1, -0.05) is 19.6 Å². The molecule has 1 saturated carbocycles. The monoisotopic (exact) mass is 349 g/mol. The Bertz CT molecular complexity index is 536. The van der Waals surface area contributed by atoms with Gasteiger partial charge in [0.1, 0.15) is 5.84 Å². The predicted octanol–water partition coefficient (Wildman–Crippen LogP) is 3.91. The number of aliphatic imine (C=N–C) groups is 1. The quantitative estimate of drug-likeness (QED) is 0.869. The largest absolute Gasteiger partial charge is 0.384 e. The van der Waals surface area contributed by atoms with Crippen molar-refractivity contribution in [1.29, 1.82) is 0 Å². The van der Waals surface area contributed by atoms with Crippen LogP contribution in [-0.4, -0.2) is 25.1 Å². The molecule has 0 bridgehead atoms. The van der Waals surface area contributed by atoms with Crippen LogP contribution in [0.15, 0.2) is 23.2 Å². The van der Waals surface area contributed by atoms with Crippen molar-refractivity contribution in [3.63, 3.8) is 0 Å². The zero-order chi connectivity index (χ0) is 13.5. The second-order valence-electron chi connectivity index (χ2n) is 5.55. The van der Waals surface area contributed by atoms with Crippen LogP contribution >= 0.6 is 24.8 Å². The molecule has 0 spiro atoms. The fourth-order valence-corrected chi connectivity index (χ4v) is 3.30. The first-order chi connectivity index (χ1) is 9.15. The molecule has 6 heteroatoms. The van der Waals surface area contributed by atoms with Gasteiger partial charge in [-0.15, -0.1) is 24.8 Å². The molecule has 1 aliphatic heterocycles. The highest BCUT2D eigenvalue weighted by Crippen LogP contribution is 2.51. The van der Waals surface area contributed by atoms with Gasteiger partial charge in [-0.2, -0.15) is 0 Å². The molecule has 22 heavy (non-hydrogen) atoms. The Labute approximate surface area is 144 Å². The molecule has 2 aliphatic rings. The van der Waals surface area contributed by atoms with Crippen molar-refractivity contribution in [2.75, 3.05) is 13.6 Å². The molecule has 0 saturated heterocycles. The molecule has 0 aromatic heterocycles. The molecule has 1 fully saturated rings. The van der Waals surface area contributed by atoms with Crippen molar-refractivity contribution < 1.29 is 4.39 Å². The number of nitrogens with two attached hydrogens (primary N) is 1. The first-order valence-corrected chi connectivity index (χ1v) is 6.96. The van der Waals surface area contributed by atoms with E-state index in [1.165, 1.54) is 5.56 Å². The molecular formula is C16H26Cl2FN3. The van der Waals surface area contributed by atoms with E-state index in [0.717, 1.165) is 37.1 Å². The maximum Gasteiger partial charge on any atom is 0.174 e. The minimum Gasteiger partial charge on any atom is -0.384 e. The first-order valence-electron chi connectivity index (χ1n) is 6.96. The summed E-state index contributed by atoms with van der Waals surface area (Å²) in [6.45, 7) is 0.925. The minimum absolute atomic E-state index is 0. The number of alkyl halides is 1. The highest BCUT2D eigenvalue weighted by molar-refractivity contribution is 5.95. The van der Waals surface area contributed by atoms with Crippen LogP contribution in [-0.2, 0) is 6.42 Å². The van der Waals surface area contributed by atoms with Crippen LogP contribution in [0.3, 0.4) is 0 Å². The molecule has 3 rings (SSSR count). The maximum absolute atomic E-state index is 14.9. The SMILES string of the molecule is C.CNCCc1ccc2c(c1)N=C(N)C1(F)CCCC21.Cl.Cl. The van der Waals surface area contributed by atoms with Crippen LogP contribution in [0.4, 0.5) is 10.1 Å². The van der Waals surface area contributed by atoms with Gasteiger partial charge < -0.3 is 11.1 Å². The third-order valence-electron chi connectivity index (χ3n) is 4.39. The standard InChI is InChI=1S/C15H20FN3.CH4.2ClH/c1-18-8-6-10-4-5-11-12-3-2-7-15(12,16)14(17)19-13(11)9-10;;;/h4-5,9,12,18H,2-3,6-8H2,1H3,(H2,17,19);1H4;2*1H. The van der Waals surface area contributed by atoms with Crippen LogP contribution in [0, 0.1) is 0 Å². The lowest BCUT2D eigenvalue weighted by Gasteiger charge is -2.32. The summed E-state index contributed by atoms with van der Waals surface area (Å²) in [7, 11) is 1.94. The first kappa shape index (κ1) is 21.2. The average Bonchev–Trinajstić information content (AvgIpc) is 2.80. The van der Waals surface area contributed by atoms with Crippen molar-refractivity contribution in [1.82, 2.24) is 5.32 Å². The van der Waals surface area contributed by atoms with E-state index in [0.29, 0.717) is 6.42 Å². The summed E-state index contributed by atoms with van der Waals surface area (Å²) in [6.07, 6.45) is 3.21. The zero-order valence-corrected chi connectivity index (χ0v) is 13.7. The summed E-state index contributed by atoms with van der Waals surface area (Å²) in [5.74, 6) is 0.0756. The molecule has 1 aromatic carbocycles. The lowest BCUT2D eigenvalue weighted by Crippen LogP contribution is -2.43. The highest BCUT2D eigenvalue weighted by atomic mass is 35.5. The van der Waals surface area contributed by atoms with Gasteiger partial charge in [0.2, 0.25) is 0 Å². The second kappa shape index (κ2) is 8.14. The number of rotatable bonds is 3.